The fourth-order valence-electron chi connectivity index (χ4n) is 2.81. The van der Waals surface area contributed by atoms with E-state index in [1.165, 1.54) is 0 Å². The fraction of sp³-hybridized carbons (Fsp3) is 0.0588. The van der Waals surface area contributed by atoms with Gasteiger partial charge >= 0.3 is 0 Å². The van der Waals surface area contributed by atoms with Crippen LogP contribution in [0.1, 0.15) is 27.7 Å². The lowest BCUT2D eigenvalue weighted by Crippen LogP contribution is -2.21. The molecule has 4 rings (SSSR count). The smallest absolute Gasteiger partial charge is 0.270 e. The Kier molecular flexibility index (Phi) is 2.72. The second-order valence-electron chi connectivity index (χ2n) is 5.22. The first-order valence-corrected chi connectivity index (χ1v) is 6.97. The predicted octanol–water partition coefficient (Wildman–Crippen LogP) is 2.62. The van der Waals surface area contributed by atoms with E-state index in [0.29, 0.717) is 5.69 Å². The molecule has 0 radical (unpaired) electrons. The molecule has 2 aromatic carbocycles. The summed E-state index contributed by atoms with van der Waals surface area (Å²) in [5.74, 6) is 0.0338. The van der Waals surface area contributed by atoms with Crippen LogP contribution in [0, 0.1) is 0 Å². The summed E-state index contributed by atoms with van der Waals surface area (Å²) in [4.78, 5) is 12.1. The van der Waals surface area contributed by atoms with Gasteiger partial charge in [-0.15, -0.1) is 0 Å². The van der Waals surface area contributed by atoms with Crippen molar-refractivity contribution < 1.29 is 9.90 Å². The number of H-pyrrole nitrogens is 1. The summed E-state index contributed by atoms with van der Waals surface area (Å²) < 4.78 is 0. The summed E-state index contributed by atoms with van der Waals surface area (Å²) in [6, 6.07) is 16.3. The van der Waals surface area contributed by atoms with Gasteiger partial charge in [0.25, 0.3) is 5.91 Å². The fourth-order valence-corrected chi connectivity index (χ4v) is 2.81. The lowest BCUT2D eigenvalue weighted by Gasteiger charge is -2.13. The van der Waals surface area contributed by atoms with E-state index in [1.54, 1.807) is 24.3 Å². The van der Waals surface area contributed by atoms with Crippen molar-refractivity contribution in [2.45, 2.75) is 6.04 Å². The molecule has 5 nitrogen and oxygen atoms in total. The van der Waals surface area contributed by atoms with E-state index in [-0.39, 0.29) is 17.7 Å². The van der Waals surface area contributed by atoms with Gasteiger partial charge in [0, 0.05) is 11.1 Å². The van der Waals surface area contributed by atoms with Crippen molar-refractivity contribution in [3.63, 3.8) is 0 Å². The second kappa shape index (κ2) is 4.73. The van der Waals surface area contributed by atoms with Crippen molar-refractivity contribution in [2.75, 3.05) is 0 Å². The normalized spacial score (nSPS) is 16.4. The molecule has 1 aliphatic heterocycles. The molecule has 3 N–H and O–H groups in total. The number of rotatable bonds is 2. The molecule has 0 unspecified atom stereocenters. The van der Waals surface area contributed by atoms with Crippen LogP contribution < -0.4 is 5.32 Å². The molecule has 3 aromatic rings. The third-order valence-corrected chi connectivity index (χ3v) is 3.87. The van der Waals surface area contributed by atoms with Gasteiger partial charge in [0.05, 0.1) is 11.7 Å². The Balaban J connectivity index is 1.86. The zero-order valence-corrected chi connectivity index (χ0v) is 11.6. The number of aromatic hydroxyl groups is 1. The SMILES string of the molecule is O=C1N[C@@H](c2ccc(O)cc2)c2c(-c3ccccc3)n[nH]c21. The van der Waals surface area contributed by atoms with Crippen LogP contribution in [-0.2, 0) is 0 Å². The van der Waals surface area contributed by atoms with Crippen LogP contribution >= 0.6 is 0 Å². The third kappa shape index (κ3) is 1.87. The van der Waals surface area contributed by atoms with Gasteiger partial charge in [-0.1, -0.05) is 42.5 Å². The number of hydrogen-bond donors (Lipinski definition) is 3. The molecule has 1 atom stereocenters. The van der Waals surface area contributed by atoms with E-state index in [2.05, 4.69) is 15.5 Å². The second-order valence-corrected chi connectivity index (χ2v) is 5.22. The number of amides is 1. The molecular weight excluding hydrogens is 278 g/mol. The number of aromatic nitrogens is 2. The molecule has 0 aliphatic carbocycles. The highest BCUT2D eigenvalue weighted by Crippen LogP contribution is 2.37. The zero-order chi connectivity index (χ0) is 15.1. The third-order valence-electron chi connectivity index (χ3n) is 3.87. The summed E-state index contributed by atoms with van der Waals surface area (Å²) in [6.45, 7) is 0. The van der Waals surface area contributed by atoms with Crippen molar-refractivity contribution in [2.24, 2.45) is 0 Å². The first-order chi connectivity index (χ1) is 10.7. The minimum atomic E-state index is -0.267. The summed E-state index contributed by atoms with van der Waals surface area (Å²) in [6.07, 6.45) is 0. The Morgan fingerprint density at radius 1 is 1.00 bits per heavy atom. The van der Waals surface area contributed by atoms with Gasteiger partial charge in [-0.25, -0.2) is 0 Å². The van der Waals surface area contributed by atoms with Crippen LogP contribution in [-0.4, -0.2) is 21.2 Å². The number of phenolic OH excluding ortho intramolecular Hbond substituents is 1. The van der Waals surface area contributed by atoms with E-state index in [9.17, 15) is 9.90 Å². The number of nitrogens with one attached hydrogen (secondary N) is 2. The van der Waals surface area contributed by atoms with E-state index in [0.717, 1.165) is 22.4 Å². The Morgan fingerprint density at radius 3 is 2.45 bits per heavy atom. The molecule has 0 saturated heterocycles. The van der Waals surface area contributed by atoms with Gasteiger partial charge < -0.3 is 10.4 Å². The number of nitrogens with zero attached hydrogens (tertiary/aromatic N) is 1. The number of aromatic amines is 1. The van der Waals surface area contributed by atoms with E-state index in [1.807, 2.05) is 30.3 Å². The average Bonchev–Trinajstić information content (AvgIpc) is 3.11. The number of carbonyl (C=O) groups is 1. The van der Waals surface area contributed by atoms with Crippen LogP contribution in [0.4, 0.5) is 0 Å². The molecule has 5 heteroatoms. The van der Waals surface area contributed by atoms with Crippen LogP contribution in [0.2, 0.25) is 0 Å². The lowest BCUT2D eigenvalue weighted by molar-refractivity contribution is 0.0955. The topological polar surface area (TPSA) is 78.0 Å². The minimum Gasteiger partial charge on any atom is -0.508 e. The Morgan fingerprint density at radius 2 is 1.73 bits per heavy atom. The quantitative estimate of drug-likeness (QED) is 0.679. The Hall–Kier alpha value is -3.08. The first kappa shape index (κ1) is 12.6. The van der Waals surface area contributed by atoms with Gasteiger partial charge in [0.15, 0.2) is 0 Å². The van der Waals surface area contributed by atoms with Crippen molar-refractivity contribution in [1.82, 2.24) is 15.5 Å². The maximum absolute atomic E-state index is 12.1. The Labute approximate surface area is 126 Å². The number of hydrogen-bond acceptors (Lipinski definition) is 3. The van der Waals surface area contributed by atoms with Crippen molar-refractivity contribution >= 4 is 5.91 Å². The molecule has 22 heavy (non-hydrogen) atoms. The molecular formula is C17H13N3O2. The molecule has 1 aromatic heterocycles. The van der Waals surface area contributed by atoms with Gasteiger partial charge in [-0.3, -0.25) is 9.89 Å². The molecule has 1 amide bonds. The zero-order valence-electron chi connectivity index (χ0n) is 11.6. The van der Waals surface area contributed by atoms with Crippen LogP contribution in [0.5, 0.6) is 5.75 Å². The lowest BCUT2D eigenvalue weighted by atomic mass is 9.97. The van der Waals surface area contributed by atoms with Crippen molar-refractivity contribution in [1.29, 1.82) is 0 Å². The number of fused-ring (bicyclic) bond motifs is 1. The number of phenols is 1. The first-order valence-electron chi connectivity index (χ1n) is 6.97. The molecule has 0 fully saturated rings. The highest BCUT2D eigenvalue weighted by Gasteiger charge is 2.35. The monoisotopic (exact) mass is 291 g/mol. The maximum atomic E-state index is 12.1. The standard InChI is InChI=1S/C17H13N3O2/c21-12-8-6-11(7-9-12)14-13-15(10-4-2-1-3-5-10)19-20-16(13)17(22)18-14/h1-9,14,21H,(H,18,22)(H,19,20)/t14-/m0/s1. The highest BCUT2D eigenvalue weighted by atomic mass is 16.3. The number of benzene rings is 2. The van der Waals surface area contributed by atoms with Crippen LogP contribution in [0.25, 0.3) is 11.3 Å². The van der Waals surface area contributed by atoms with E-state index in [4.69, 9.17) is 0 Å². The van der Waals surface area contributed by atoms with E-state index >= 15 is 0 Å². The highest BCUT2D eigenvalue weighted by molar-refractivity contribution is 6.00. The number of carbonyl (C=O) groups excluding carboxylic acids is 1. The van der Waals surface area contributed by atoms with Crippen LogP contribution in [0.3, 0.4) is 0 Å². The molecule has 108 valence electrons. The maximum Gasteiger partial charge on any atom is 0.270 e. The van der Waals surface area contributed by atoms with Crippen molar-refractivity contribution in [3.8, 4) is 17.0 Å². The molecule has 1 aliphatic rings. The summed E-state index contributed by atoms with van der Waals surface area (Å²) >= 11 is 0. The summed E-state index contributed by atoms with van der Waals surface area (Å²) in [5, 5.41) is 19.5. The van der Waals surface area contributed by atoms with Gasteiger partial charge in [-0.2, -0.15) is 5.10 Å². The predicted molar refractivity (Wildman–Crippen MR) is 81.4 cm³/mol. The molecule has 2 heterocycles. The van der Waals surface area contributed by atoms with Crippen LogP contribution in [0.15, 0.2) is 54.6 Å². The Bertz CT molecular complexity index is 838. The molecule has 0 saturated carbocycles. The van der Waals surface area contributed by atoms with Gasteiger partial charge in [0.2, 0.25) is 0 Å². The van der Waals surface area contributed by atoms with Crippen molar-refractivity contribution in [3.05, 3.63) is 71.4 Å². The summed E-state index contributed by atoms with van der Waals surface area (Å²) in [7, 11) is 0. The molecule has 0 bridgehead atoms. The minimum absolute atomic E-state index is 0.164. The van der Waals surface area contributed by atoms with E-state index < -0.39 is 0 Å². The van der Waals surface area contributed by atoms with Gasteiger partial charge in [0.1, 0.15) is 11.4 Å². The summed E-state index contributed by atoms with van der Waals surface area (Å²) in [5.41, 5.74) is 3.98. The van der Waals surface area contributed by atoms with Gasteiger partial charge in [-0.05, 0) is 17.7 Å². The molecule has 0 spiro atoms. The largest absolute Gasteiger partial charge is 0.508 e. The average molecular weight is 291 g/mol.